The maximum Gasteiger partial charge on any atom is 0.0639 e. The number of hydrogen-bond acceptors (Lipinski definition) is 2. The van der Waals surface area contributed by atoms with Crippen molar-refractivity contribution >= 4 is 0 Å². The van der Waals surface area contributed by atoms with Crippen LogP contribution in [0.25, 0.3) is 0 Å². The molecule has 2 aliphatic rings. The second-order valence-corrected chi connectivity index (χ2v) is 4.26. The first-order chi connectivity index (χ1) is 5.87. The molecule has 1 spiro atoms. The Morgan fingerprint density at radius 1 is 1.33 bits per heavy atom. The fourth-order valence-corrected chi connectivity index (χ4v) is 2.95. The summed E-state index contributed by atoms with van der Waals surface area (Å²) in [6.07, 6.45) is 7.25. The van der Waals surface area contributed by atoms with E-state index in [1.165, 1.54) is 45.2 Å². The van der Waals surface area contributed by atoms with E-state index in [9.17, 15) is 0 Å². The van der Waals surface area contributed by atoms with Gasteiger partial charge in [0, 0.05) is 19.1 Å². The van der Waals surface area contributed by atoms with Crippen LogP contribution in [0.3, 0.4) is 0 Å². The molecule has 0 aromatic carbocycles. The highest BCUT2D eigenvalue weighted by atomic mass is 16.5. The van der Waals surface area contributed by atoms with Crippen LogP contribution in [0.2, 0.25) is 0 Å². The molecule has 2 fully saturated rings. The lowest BCUT2D eigenvalue weighted by atomic mass is 9.77. The van der Waals surface area contributed by atoms with Crippen LogP contribution in [0.15, 0.2) is 0 Å². The molecule has 2 rings (SSSR count). The minimum absolute atomic E-state index is 0.507. The van der Waals surface area contributed by atoms with Gasteiger partial charge in [-0.05, 0) is 32.2 Å². The number of methoxy groups -OCH3 is 1. The van der Waals surface area contributed by atoms with Crippen LogP contribution in [-0.2, 0) is 4.74 Å². The van der Waals surface area contributed by atoms with Crippen molar-refractivity contribution in [2.75, 3.05) is 20.2 Å². The molecule has 1 aliphatic heterocycles. The van der Waals surface area contributed by atoms with Gasteiger partial charge in [0.05, 0.1) is 6.10 Å². The van der Waals surface area contributed by atoms with Crippen LogP contribution in [0, 0.1) is 5.41 Å². The van der Waals surface area contributed by atoms with E-state index in [2.05, 4.69) is 5.32 Å². The third-order valence-corrected chi connectivity index (χ3v) is 3.61. The molecule has 70 valence electrons. The summed E-state index contributed by atoms with van der Waals surface area (Å²) in [5.74, 6) is 0. The van der Waals surface area contributed by atoms with E-state index in [0.29, 0.717) is 11.5 Å². The lowest BCUT2D eigenvalue weighted by molar-refractivity contribution is -0.00325. The van der Waals surface area contributed by atoms with E-state index in [0.717, 1.165) is 0 Å². The molecule has 2 heteroatoms. The van der Waals surface area contributed by atoms with Crippen molar-refractivity contribution in [3.05, 3.63) is 0 Å². The van der Waals surface area contributed by atoms with E-state index in [-0.39, 0.29) is 0 Å². The second kappa shape index (κ2) is 3.35. The lowest BCUT2D eigenvalue weighted by Gasteiger charge is -2.38. The van der Waals surface area contributed by atoms with E-state index in [4.69, 9.17) is 4.74 Å². The molecule has 12 heavy (non-hydrogen) atoms. The molecule has 1 heterocycles. The molecule has 0 amide bonds. The largest absolute Gasteiger partial charge is 0.381 e. The number of rotatable bonds is 1. The molecule has 0 aromatic rings. The molecular weight excluding hydrogens is 150 g/mol. The molecule has 2 nitrogen and oxygen atoms in total. The van der Waals surface area contributed by atoms with E-state index in [1.807, 2.05) is 7.11 Å². The van der Waals surface area contributed by atoms with E-state index < -0.39 is 0 Å². The van der Waals surface area contributed by atoms with Crippen LogP contribution >= 0.6 is 0 Å². The highest BCUT2D eigenvalue weighted by Gasteiger charge is 2.43. The Morgan fingerprint density at radius 3 is 2.83 bits per heavy atom. The zero-order chi connectivity index (χ0) is 8.44. The highest BCUT2D eigenvalue weighted by molar-refractivity contribution is 4.96. The average Bonchev–Trinajstić information content (AvgIpc) is 2.49. The zero-order valence-electron chi connectivity index (χ0n) is 7.94. The number of ether oxygens (including phenoxy) is 1. The van der Waals surface area contributed by atoms with Crippen LogP contribution in [0.4, 0.5) is 0 Å². The van der Waals surface area contributed by atoms with Gasteiger partial charge in [-0.25, -0.2) is 0 Å². The highest BCUT2D eigenvalue weighted by Crippen LogP contribution is 2.44. The summed E-state index contributed by atoms with van der Waals surface area (Å²) >= 11 is 0. The van der Waals surface area contributed by atoms with Gasteiger partial charge in [0.15, 0.2) is 0 Å². The first-order valence-corrected chi connectivity index (χ1v) is 5.11. The summed E-state index contributed by atoms with van der Waals surface area (Å²) in [4.78, 5) is 0. The summed E-state index contributed by atoms with van der Waals surface area (Å²) in [6, 6.07) is 0. The van der Waals surface area contributed by atoms with Crippen LogP contribution < -0.4 is 5.32 Å². The van der Waals surface area contributed by atoms with Gasteiger partial charge in [0.1, 0.15) is 0 Å². The van der Waals surface area contributed by atoms with Gasteiger partial charge in [-0.2, -0.15) is 0 Å². The topological polar surface area (TPSA) is 21.3 Å². The summed E-state index contributed by atoms with van der Waals surface area (Å²) in [6.45, 7) is 2.39. The van der Waals surface area contributed by atoms with E-state index >= 15 is 0 Å². The van der Waals surface area contributed by atoms with Gasteiger partial charge < -0.3 is 10.1 Å². The molecule has 0 radical (unpaired) electrons. The number of piperidine rings is 1. The monoisotopic (exact) mass is 169 g/mol. The average molecular weight is 169 g/mol. The van der Waals surface area contributed by atoms with Crippen LogP contribution in [-0.4, -0.2) is 26.3 Å². The van der Waals surface area contributed by atoms with Gasteiger partial charge in [-0.1, -0.05) is 6.42 Å². The Kier molecular flexibility index (Phi) is 2.37. The Labute approximate surface area is 74.7 Å². The summed E-state index contributed by atoms with van der Waals surface area (Å²) in [5, 5.41) is 3.50. The third-order valence-electron chi connectivity index (χ3n) is 3.61. The van der Waals surface area contributed by atoms with Gasteiger partial charge in [-0.3, -0.25) is 0 Å². The molecule has 2 atom stereocenters. The Hall–Kier alpha value is -0.0800. The lowest BCUT2D eigenvalue weighted by Crippen LogP contribution is -2.45. The fraction of sp³-hybridized carbons (Fsp3) is 1.00. The molecule has 1 N–H and O–H groups in total. The summed E-state index contributed by atoms with van der Waals surface area (Å²) < 4.78 is 5.56. The molecular formula is C10H19NO. The van der Waals surface area contributed by atoms with E-state index in [1.54, 1.807) is 0 Å². The zero-order valence-corrected chi connectivity index (χ0v) is 7.94. The smallest absolute Gasteiger partial charge is 0.0639 e. The first kappa shape index (κ1) is 8.52. The summed E-state index contributed by atoms with van der Waals surface area (Å²) in [5.41, 5.74) is 0.507. The molecule has 0 unspecified atom stereocenters. The van der Waals surface area contributed by atoms with Gasteiger partial charge >= 0.3 is 0 Å². The number of hydrogen-bond donors (Lipinski definition) is 1. The third kappa shape index (κ3) is 1.27. The van der Waals surface area contributed by atoms with Gasteiger partial charge in [-0.15, -0.1) is 0 Å². The molecule has 1 aliphatic carbocycles. The maximum absolute atomic E-state index is 5.56. The second-order valence-electron chi connectivity index (χ2n) is 4.26. The molecule has 0 bridgehead atoms. The fourth-order valence-electron chi connectivity index (χ4n) is 2.95. The Balaban J connectivity index is 2.05. The van der Waals surface area contributed by atoms with Crippen molar-refractivity contribution in [2.24, 2.45) is 5.41 Å². The van der Waals surface area contributed by atoms with Crippen molar-refractivity contribution in [2.45, 2.75) is 38.2 Å². The quantitative estimate of drug-likeness (QED) is 0.643. The minimum Gasteiger partial charge on any atom is -0.381 e. The Bertz CT molecular complexity index is 152. The van der Waals surface area contributed by atoms with Crippen molar-refractivity contribution in [1.82, 2.24) is 5.32 Å². The van der Waals surface area contributed by atoms with Crippen molar-refractivity contribution in [3.8, 4) is 0 Å². The minimum atomic E-state index is 0.507. The molecule has 0 aromatic heterocycles. The predicted molar refractivity (Wildman–Crippen MR) is 49.2 cm³/mol. The van der Waals surface area contributed by atoms with Crippen LogP contribution in [0.5, 0.6) is 0 Å². The van der Waals surface area contributed by atoms with Crippen molar-refractivity contribution < 1.29 is 4.74 Å². The van der Waals surface area contributed by atoms with Gasteiger partial charge in [0.25, 0.3) is 0 Å². The normalized spacial score (nSPS) is 42.2. The molecule has 1 saturated carbocycles. The maximum atomic E-state index is 5.56. The van der Waals surface area contributed by atoms with Crippen molar-refractivity contribution in [1.29, 1.82) is 0 Å². The van der Waals surface area contributed by atoms with Gasteiger partial charge in [0.2, 0.25) is 0 Å². The first-order valence-electron chi connectivity index (χ1n) is 5.11. The Morgan fingerprint density at radius 2 is 2.17 bits per heavy atom. The van der Waals surface area contributed by atoms with Crippen molar-refractivity contribution in [3.63, 3.8) is 0 Å². The molecule has 1 saturated heterocycles. The SMILES string of the molecule is CO[C@@H]1CCC[C@@]12CCCNC2. The standard InChI is InChI=1S/C10H19NO/c1-12-9-4-2-5-10(9)6-3-7-11-8-10/h9,11H,2-8H2,1H3/t9-,10+/m1/s1. The number of nitrogens with one attached hydrogen (secondary N) is 1. The summed E-state index contributed by atoms with van der Waals surface area (Å²) in [7, 11) is 1.87. The predicted octanol–water partition coefficient (Wildman–Crippen LogP) is 1.56. The van der Waals surface area contributed by atoms with Crippen LogP contribution in [0.1, 0.15) is 32.1 Å².